The first-order valence-electron chi connectivity index (χ1n) is 12.1. The molecule has 0 fully saturated rings. The summed E-state index contributed by atoms with van der Waals surface area (Å²) in [6.07, 6.45) is 0. The van der Waals surface area contributed by atoms with Crippen LogP contribution in [0.2, 0.25) is 0 Å². The van der Waals surface area contributed by atoms with Crippen molar-refractivity contribution in [3.63, 3.8) is 0 Å². The maximum Gasteiger partial charge on any atom is 0.264 e. The van der Waals surface area contributed by atoms with Gasteiger partial charge in [0.05, 0.1) is 4.90 Å². The average Bonchev–Trinajstić information content (AvgIpc) is 2.97. The Morgan fingerprint density at radius 2 is 1.16 bits per heavy atom. The highest BCUT2D eigenvalue weighted by Crippen LogP contribution is 2.37. The maximum absolute atomic E-state index is 12.8. The third kappa shape index (κ3) is 5.66. The smallest absolute Gasteiger partial charge is 0.264 e. The van der Waals surface area contributed by atoms with Gasteiger partial charge >= 0.3 is 0 Å². The first kappa shape index (κ1) is 25.0. The van der Waals surface area contributed by atoms with Gasteiger partial charge in [-0.2, -0.15) is 0 Å². The predicted octanol–water partition coefficient (Wildman–Crippen LogP) is 6.72. The van der Waals surface area contributed by atoms with Crippen LogP contribution in [-0.4, -0.2) is 14.3 Å². The molecule has 0 aliphatic rings. The molecule has 0 saturated carbocycles. The van der Waals surface area contributed by atoms with Crippen molar-refractivity contribution in [2.24, 2.45) is 0 Å². The molecular formula is C32H25NO4S. The lowest BCUT2D eigenvalue weighted by atomic mass is 9.94. The molecule has 1 amide bonds. The van der Waals surface area contributed by atoms with Crippen LogP contribution in [0, 0.1) is 0 Å². The zero-order valence-corrected chi connectivity index (χ0v) is 21.3. The molecule has 0 radical (unpaired) electrons. The number of nitrogens with one attached hydrogen (secondary N) is 1. The van der Waals surface area contributed by atoms with Gasteiger partial charge in [-0.3, -0.25) is 4.79 Å². The molecule has 0 heterocycles. The number of benzene rings is 5. The molecule has 6 heteroatoms. The first-order chi connectivity index (χ1) is 18.5. The largest absolute Gasteiger partial charge is 0.488 e. The number of rotatable bonds is 8. The van der Waals surface area contributed by atoms with Crippen molar-refractivity contribution in [2.45, 2.75) is 11.5 Å². The van der Waals surface area contributed by atoms with Gasteiger partial charge in [0.2, 0.25) is 0 Å². The Labute approximate surface area is 222 Å². The van der Waals surface area contributed by atoms with E-state index in [9.17, 15) is 13.2 Å². The highest BCUT2D eigenvalue weighted by Gasteiger charge is 2.19. The first-order valence-corrected chi connectivity index (χ1v) is 13.6. The lowest BCUT2D eigenvalue weighted by molar-refractivity contribution is 0.0981. The molecule has 0 aromatic heterocycles. The Kier molecular flexibility index (Phi) is 7.33. The molecule has 0 atom stereocenters. The minimum absolute atomic E-state index is 0.00890. The number of para-hydroxylation sites is 1. The number of amides is 1. The zero-order chi connectivity index (χ0) is 26.4. The number of sulfonamides is 1. The summed E-state index contributed by atoms with van der Waals surface area (Å²) in [6.45, 7) is 0.446. The van der Waals surface area contributed by atoms with Crippen LogP contribution in [0.5, 0.6) is 5.75 Å². The van der Waals surface area contributed by atoms with E-state index in [1.165, 1.54) is 12.1 Å². The minimum Gasteiger partial charge on any atom is -0.488 e. The molecule has 5 nitrogen and oxygen atoms in total. The summed E-state index contributed by atoms with van der Waals surface area (Å²) in [7, 11) is -4.03. The van der Waals surface area contributed by atoms with Gasteiger partial charge in [-0.15, -0.1) is 0 Å². The number of carbonyl (C=O) groups is 1. The minimum atomic E-state index is -4.03. The Morgan fingerprint density at radius 3 is 1.84 bits per heavy atom. The molecule has 0 bridgehead atoms. The van der Waals surface area contributed by atoms with Crippen LogP contribution in [0.25, 0.3) is 22.3 Å². The Bertz CT molecular complexity index is 1650. The monoisotopic (exact) mass is 519 g/mol. The highest BCUT2D eigenvalue weighted by atomic mass is 32.2. The van der Waals surface area contributed by atoms with Gasteiger partial charge < -0.3 is 4.74 Å². The van der Waals surface area contributed by atoms with E-state index in [-0.39, 0.29) is 10.5 Å². The van der Waals surface area contributed by atoms with E-state index in [1.54, 1.807) is 42.5 Å². The van der Waals surface area contributed by atoms with Gasteiger partial charge in [0.1, 0.15) is 12.4 Å². The second-order valence-electron chi connectivity index (χ2n) is 8.64. The molecule has 5 aromatic rings. The van der Waals surface area contributed by atoms with E-state index < -0.39 is 15.9 Å². The van der Waals surface area contributed by atoms with Crippen LogP contribution >= 0.6 is 0 Å². The molecule has 188 valence electrons. The highest BCUT2D eigenvalue weighted by molar-refractivity contribution is 7.90. The molecule has 5 aromatic carbocycles. The van der Waals surface area contributed by atoms with Crippen molar-refractivity contribution in [3.05, 3.63) is 145 Å². The Morgan fingerprint density at radius 1 is 0.605 bits per heavy atom. The Hall–Kier alpha value is -4.68. The second-order valence-corrected chi connectivity index (χ2v) is 10.3. The van der Waals surface area contributed by atoms with Gasteiger partial charge in [-0.1, -0.05) is 103 Å². The van der Waals surface area contributed by atoms with Crippen molar-refractivity contribution >= 4 is 15.9 Å². The lowest BCUT2D eigenvalue weighted by Gasteiger charge is -2.15. The van der Waals surface area contributed by atoms with E-state index in [2.05, 4.69) is 4.72 Å². The van der Waals surface area contributed by atoms with E-state index in [1.807, 2.05) is 78.9 Å². The van der Waals surface area contributed by atoms with Crippen LogP contribution in [0.15, 0.2) is 138 Å². The van der Waals surface area contributed by atoms with Crippen LogP contribution in [0.1, 0.15) is 15.9 Å². The summed E-state index contributed by atoms with van der Waals surface area (Å²) < 4.78 is 34.0. The molecule has 0 aliphatic heterocycles. The summed E-state index contributed by atoms with van der Waals surface area (Å²) in [5, 5.41) is 0. The summed E-state index contributed by atoms with van der Waals surface area (Å²) in [5.41, 5.74) is 5.02. The van der Waals surface area contributed by atoms with Gasteiger partial charge in [0, 0.05) is 11.1 Å². The van der Waals surface area contributed by atoms with E-state index >= 15 is 0 Å². The molecule has 0 spiro atoms. The van der Waals surface area contributed by atoms with Crippen molar-refractivity contribution in [3.8, 4) is 28.0 Å². The fourth-order valence-electron chi connectivity index (χ4n) is 4.16. The van der Waals surface area contributed by atoms with Crippen LogP contribution in [-0.2, 0) is 16.6 Å². The number of ether oxygens (including phenoxy) is 1. The number of hydrogen-bond acceptors (Lipinski definition) is 4. The SMILES string of the molecule is O=C(NS(=O)(=O)c1ccc(-c2ccccc2-c2ccccc2OCc2ccccc2)cc1)c1ccccc1. The topological polar surface area (TPSA) is 72.5 Å². The Balaban J connectivity index is 1.41. The molecule has 38 heavy (non-hydrogen) atoms. The third-order valence-corrected chi connectivity index (χ3v) is 7.43. The van der Waals surface area contributed by atoms with Crippen LogP contribution in [0.4, 0.5) is 0 Å². The summed E-state index contributed by atoms with van der Waals surface area (Å²) in [6, 6.07) is 40.5. The van der Waals surface area contributed by atoms with Gasteiger partial charge in [-0.25, -0.2) is 13.1 Å². The molecule has 1 N–H and O–H groups in total. The van der Waals surface area contributed by atoms with Crippen molar-refractivity contribution in [1.29, 1.82) is 0 Å². The fourth-order valence-corrected chi connectivity index (χ4v) is 5.14. The van der Waals surface area contributed by atoms with E-state index in [4.69, 9.17) is 4.74 Å². The lowest BCUT2D eigenvalue weighted by Crippen LogP contribution is -2.30. The molecular weight excluding hydrogens is 494 g/mol. The van der Waals surface area contributed by atoms with E-state index in [0.29, 0.717) is 6.61 Å². The predicted molar refractivity (Wildman–Crippen MR) is 149 cm³/mol. The van der Waals surface area contributed by atoms with Crippen LogP contribution in [0.3, 0.4) is 0 Å². The number of hydrogen-bond donors (Lipinski definition) is 1. The quantitative estimate of drug-likeness (QED) is 0.247. The van der Waals surface area contributed by atoms with Crippen LogP contribution < -0.4 is 9.46 Å². The average molecular weight is 520 g/mol. The maximum atomic E-state index is 12.8. The zero-order valence-electron chi connectivity index (χ0n) is 20.5. The van der Waals surface area contributed by atoms with Gasteiger partial charge in [0.15, 0.2) is 0 Å². The summed E-state index contributed by atoms with van der Waals surface area (Å²) in [5.74, 6) is 0.0822. The normalized spacial score (nSPS) is 11.1. The second kappa shape index (κ2) is 11.2. The standard InChI is InChI=1S/C32H25NO4S/c34-32(26-13-5-2-6-14-26)33-38(35,36)27-21-19-25(20-22-27)28-15-7-8-16-29(28)30-17-9-10-18-31(30)37-23-24-11-3-1-4-12-24/h1-22H,23H2,(H,33,34). The van der Waals surface area contributed by atoms with Gasteiger partial charge in [0.25, 0.3) is 15.9 Å². The summed E-state index contributed by atoms with van der Waals surface area (Å²) >= 11 is 0. The van der Waals surface area contributed by atoms with E-state index in [0.717, 1.165) is 33.6 Å². The summed E-state index contributed by atoms with van der Waals surface area (Å²) in [4.78, 5) is 12.4. The van der Waals surface area contributed by atoms with Crippen molar-refractivity contribution < 1.29 is 17.9 Å². The van der Waals surface area contributed by atoms with Crippen molar-refractivity contribution in [2.75, 3.05) is 0 Å². The molecule has 5 rings (SSSR count). The van der Waals surface area contributed by atoms with Crippen molar-refractivity contribution in [1.82, 2.24) is 4.72 Å². The fraction of sp³-hybridized carbons (Fsp3) is 0.0312. The number of carbonyl (C=O) groups excluding carboxylic acids is 1. The third-order valence-electron chi connectivity index (χ3n) is 6.08. The molecule has 0 saturated heterocycles. The molecule has 0 aliphatic carbocycles. The molecule has 0 unspecified atom stereocenters. The van der Waals surface area contributed by atoms with Gasteiger partial charge in [-0.05, 0) is 52.6 Å².